The number of aliphatic carboxylic acids is 1. The molecule has 1 aromatic carbocycles. The van der Waals surface area contributed by atoms with E-state index in [1.165, 1.54) is 0 Å². The van der Waals surface area contributed by atoms with Crippen molar-refractivity contribution in [2.45, 2.75) is 45.4 Å². The number of sulfonamides is 1. The molecule has 0 heterocycles. The average molecular weight is 416 g/mol. The highest BCUT2D eigenvalue weighted by Crippen LogP contribution is 2.44. The van der Waals surface area contributed by atoms with Crippen molar-refractivity contribution in [3.63, 3.8) is 0 Å². The van der Waals surface area contributed by atoms with Crippen molar-refractivity contribution in [1.82, 2.24) is 4.72 Å². The number of rotatable bonds is 11. The molecule has 0 saturated heterocycles. The van der Waals surface area contributed by atoms with Crippen LogP contribution in [0.2, 0.25) is 0 Å². The van der Waals surface area contributed by atoms with Crippen LogP contribution in [0.1, 0.15) is 43.2 Å². The highest BCUT2D eigenvalue weighted by Gasteiger charge is 2.36. The van der Waals surface area contributed by atoms with E-state index in [1.807, 2.05) is 43.3 Å². The lowest BCUT2D eigenvalue weighted by atomic mass is 9.98. The lowest BCUT2D eigenvalue weighted by molar-refractivity contribution is -0.137. The molecule has 0 aromatic heterocycles. The molecule has 2 N–H and O–H groups in total. The minimum absolute atomic E-state index is 0.0684. The molecule has 2 bridgehead atoms. The maximum Gasteiger partial charge on any atom is 0.303 e. The number of carboxylic acids is 1. The Bertz CT molecular complexity index is 926. The van der Waals surface area contributed by atoms with Crippen molar-refractivity contribution >= 4 is 16.0 Å². The monoisotopic (exact) mass is 415 g/mol. The molecule has 3 rings (SSSR count). The Morgan fingerprint density at radius 3 is 2.62 bits per heavy atom. The van der Waals surface area contributed by atoms with E-state index >= 15 is 0 Å². The summed E-state index contributed by atoms with van der Waals surface area (Å²) < 4.78 is 28.2. The quantitative estimate of drug-likeness (QED) is 0.421. The first-order valence-corrected chi connectivity index (χ1v) is 11.8. The van der Waals surface area contributed by atoms with E-state index in [1.54, 1.807) is 0 Å². The first kappa shape index (κ1) is 21.4. The number of fused-ring (bicyclic) bond motifs is 2. The summed E-state index contributed by atoms with van der Waals surface area (Å²) in [6.07, 6.45) is 12.0. The second-order valence-corrected chi connectivity index (χ2v) is 9.73. The third-order valence-corrected chi connectivity index (χ3v) is 6.83. The predicted octanol–water partition coefficient (Wildman–Crippen LogP) is 4.12. The number of hydrogen-bond donors (Lipinski definition) is 2. The summed E-state index contributed by atoms with van der Waals surface area (Å²) in [5.74, 6) is -0.247. The molecule has 2 aliphatic rings. The highest BCUT2D eigenvalue weighted by molar-refractivity contribution is 7.89. The molecule has 0 spiro atoms. The number of aryl methyl sites for hydroxylation is 2. The van der Waals surface area contributed by atoms with Crippen molar-refractivity contribution in [3.8, 4) is 0 Å². The summed E-state index contributed by atoms with van der Waals surface area (Å²) in [5.41, 5.74) is 4.17. The fourth-order valence-electron chi connectivity index (χ4n) is 3.94. The van der Waals surface area contributed by atoms with Gasteiger partial charge in [0, 0.05) is 24.0 Å². The van der Waals surface area contributed by atoms with E-state index in [0.717, 1.165) is 35.2 Å². The molecular weight excluding hydrogens is 386 g/mol. The number of allylic oxidation sites excluding steroid dienone is 5. The van der Waals surface area contributed by atoms with Gasteiger partial charge in [0.15, 0.2) is 0 Å². The molecule has 0 aliphatic heterocycles. The standard InChI is InChI=1S/C23H29NO4S/c1-17-8-10-18(11-9-17)14-15-29(27,28)24-23-20-13-12-19(16-20)21(23)6-4-2-3-5-7-22(25)26/h2,4,8-13,19-20,24H,3,5-7,14-16H2,1H3,(H,25,26). The third kappa shape index (κ3) is 6.07. The number of hydrogen-bond acceptors (Lipinski definition) is 3. The largest absolute Gasteiger partial charge is 0.481 e. The van der Waals surface area contributed by atoms with E-state index in [9.17, 15) is 13.2 Å². The first-order chi connectivity index (χ1) is 13.8. The van der Waals surface area contributed by atoms with Gasteiger partial charge in [0.2, 0.25) is 10.0 Å². The van der Waals surface area contributed by atoms with Crippen LogP contribution in [-0.4, -0.2) is 25.2 Å². The Hall–Kier alpha value is -2.34. The van der Waals surface area contributed by atoms with Crippen molar-refractivity contribution in [2.75, 3.05) is 5.75 Å². The van der Waals surface area contributed by atoms with Crippen LogP contribution in [-0.2, 0) is 21.2 Å². The topological polar surface area (TPSA) is 83.5 Å². The second-order valence-electron chi connectivity index (χ2n) is 7.89. The highest BCUT2D eigenvalue weighted by atomic mass is 32.2. The lowest BCUT2D eigenvalue weighted by Gasteiger charge is -2.18. The van der Waals surface area contributed by atoms with Crippen LogP contribution in [0.15, 0.2) is 59.8 Å². The Morgan fingerprint density at radius 2 is 1.90 bits per heavy atom. The summed E-state index contributed by atoms with van der Waals surface area (Å²) in [4.78, 5) is 10.6. The van der Waals surface area contributed by atoms with Crippen LogP contribution < -0.4 is 4.72 Å². The summed E-state index contributed by atoms with van der Waals surface area (Å²) in [7, 11) is -3.41. The normalized spacial score (nSPS) is 20.7. The van der Waals surface area contributed by atoms with E-state index < -0.39 is 16.0 Å². The van der Waals surface area contributed by atoms with Gasteiger partial charge >= 0.3 is 5.97 Å². The number of benzene rings is 1. The van der Waals surface area contributed by atoms with Gasteiger partial charge in [-0.2, -0.15) is 0 Å². The molecule has 0 fully saturated rings. The summed E-state index contributed by atoms with van der Waals surface area (Å²) in [6.45, 7) is 2.01. The molecule has 0 amide bonds. The zero-order chi connectivity index (χ0) is 20.9. The average Bonchev–Trinajstić information content (AvgIpc) is 3.26. The molecule has 5 nitrogen and oxygen atoms in total. The van der Waals surface area contributed by atoms with Gasteiger partial charge in [-0.3, -0.25) is 9.52 Å². The zero-order valence-electron chi connectivity index (χ0n) is 16.8. The first-order valence-electron chi connectivity index (χ1n) is 10.2. The molecule has 29 heavy (non-hydrogen) atoms. The summed E-state index contributed by atoms with van der Waals surface area (Å²) in [6, 6.07) is 7.95. The predicted molar refractivity (Wildman–Crippen MR) is 115 cm³/mol. The van der Waals surface area contributed by atoms with Crippen LogP contribution in [0, 0.1) is 18.8 Å². The minimum atomic E-state index is -3.41. The van der Waals surface area contributed by atoms with Gasteiger partial charge in [0.25, 0.3) is 0 Å². The number of carbonyl (C=O) groups is 1. The molecular formula is C23H29NO4S. The van der Waals surface area contributed by atoms with Gasteiger partial charge in [0.05, 0.1) is 5.75 Å². The van der Waals surface area contributed by atoms with Crippen LogP contribution in [0.5, 0.6) is 0 Å². The summed E-state index contributed by atoms with van der Waals surface area (Å²) >= 11 is 0. The van der Waals surface area contributed by atoms with Crippen molar-refractivity contribution < 1.29 is 18.3 Å². The fraction of sp³-hybridized carbons (Fsp3) is 0.435. The SMILES string of the molecule is Cc1ccc(CCS(=O)(=O)NC2=C(CC=CCCCC(=O)O)C3C=CC2C3)cc1. The molecule has 156 valence electrons. The summed E-state index contributed by atoms with van der Waals surface area (Å²) in [5, 5.41) is 8.68. The van der Waals surface area contributed by atoms with Gasteiger partial charge in [-0.05, 0) is 50.2 Å². The van der Waals surface area contributed by atoms with Gasteiger partial charge in [-0.15, -0.1) is 0 Å². The van der Waals surface area contributed by atoms with E-state index in [4.69, 9.17) is 5.11 Å². The third-order valence-electron chi connectivity index (χ3n) is 5.56. The van der Waals surface area contributed by atoms with E-state index in [-0.39, 0.29) is 18.1 Å². The zero-order valence-corrected chi connectivity index (χ0v) is 17.6. The molecule has 0 radical (unpaired) electrons. The van der Waals surface area contributed by atoms with Crippen LogP contribution in [0.3, 0.4) is 0 Å². The van der Waals surface area contributed by atoms with Crippen LogP contribution in [0.4, 0.5) is 0 Å². The Labute approximate surface area is 173 Å². The second kappa shape index (κ2) is 9.44. The number of nitrogens with one attached hydrogen (secondary N) is 1. The molecule has 1 aromatic rings. The number of unbranched alkanes of at least 4 members (excludes halogenated alkanes) is 1. The van der Waals surface area contributed by atoms with Crippen LogP contribution >= 0.6 is 0 Å². The molecule has 6 heteroatoms. The molecule has 2 atom stereocenters. The number of carboxylic acid groups (broad SMARTS) is 1. The van der Waals surface area contributed by atoms with Gasteiger partial charge in [-0.25, -0.2) is 8.42 Å². The van der Waals surface area contributed by atoms with Crippen molar-refractivity contribution in [1.29, 1.82) is 0 Å². The minimum Gasteiger partial charge on any atom is -0.481 e. The smallest absolute Gasteiger partial charge is 0.303 e. The lowest BCUT2D eigenvalue weighted by Crippen LogP contribution is -2.29. The fourth-order valence-corrected chi connectivity index (χ4v) is 5.16. The molecule has 2 aliphatic carbocycles. The Balaban J connectivity index is 1.59. The Kier molecular flexibility index (Phi) is 6.96. The van der Waals surface area contributed by atoms with E-state index in [2.05, 4.69) is 16.9 Å². The molecule has 2 unspecified atom stereocenters. The Morgan fingerprint density at radius 1 is 1.17 bits per heavy atom. The van der Waals surface area contributed by atoms with E-state index in [0.29, 0.717) is 25.2 Å². The van der Waals surface area contributed by atoms with Gasteiger partial charge < -0.3 is 5.11 Å². The van der Waals surface area contributed by atoms with Gasteiger partial charge in [-0.1, -0.05) is 54.1 Å². The van der Waals surface area contributed by atoms with Crippen molar-refractivity contribution in [3.05, 3.63) is 71.0 Å². The van der Waals surface area contributed by atoms with Crippen LogP contribution in [0.25, 0.3) is 0 Å². The van der Waals surface area contributed by atoms with Crippen molar-refractivity contribution in [2.24, 2.45) is 11.8 Å². The maximum absolute atomic E-state index is 12.7. The molecule has 0 saturated carbocycles. The maximum atomic E-state index is 12.7. The van der Waals surface area contributed by atoms with Gasteiger partial charge in [0.1, 0.15) is 0 Å².